The number of nitrogens with one attached hydrogen (secondary N) is 1. The van der Waals surface area contributed by atoms with Gasteiger partial charge in [0.05, 0.1) is 19.3 Å². The summed E-state index contributed by atoms with van der Waals surface area (Å²) in [5.41, 5.74) is 3.13. The van der Waals surface area contributed by atoms with Crippen molar-refractivity contribution in [3.8, 4) is 0 Å². The minimum Gasteiger partial charge on any atom is -0.452 e. The molecule has 3 aliphatic rings. The number of carbonyl (C=O) groups is 6. The summed E-state index contributed by atoms with van der Waals surface area (Å²) in [6.45, 7) is -0.165. The van der Waals surface area contributed by atoms with Crippen LogP contribution >= 0.6 is 11.8 Å². The van der Waals surface area contributed by atoms with Gasteiger partial charge in [0.15, 0.2) is 24.4 Å². The SMILES string of the molecule is O=C/C=N/N1CCN([C@]2(C(=O)OC(c3ccccc3)c3ccccc3)CN3C(=O)[C@@H](NC(=O)C(C(=O)OC(c4ccccc4)c4ccccc4)c4ccccc4)[C@H]3S2)C1=O. The Morgan fingerprint density at radius 3 is 1.63 bits per heavy atom. The van der Waals surface area contributed by atoms with Gasteiger partial charge in [-0.2, -0.15) is 5.10 Å². The van der Waals surface area contributed by atoms with Crippen LogP contribution in [-0.4, -0.2) is 93.0 Å². The fraction of sp³-hybridized carbons (Fsp3) is 0.196. The highest BCUT2D eigenvalue weighted by Crippen LogP contribution is 2.51. The highest BCUT2D eigenvalue weighted by Gasteiger charge is 2.67. The molecule has 0 aromatic heterocycles. The normalized spacial score (nSPS) is 20.2. The molecule has 302 valence electrons. The number of urea groups is 1. The molecule has 1 unspecified atom stereocenters. The van der Waals surface area contributed by atoms with Crippen molar-refractivity contribution in [2.45, 2.75) is 34.4 Å². The smallest absolute Gasteiger partial charge is 0.345 e. The maximum Gasteiger partial charge on any atom is 0.345 e. The first-order chi connectivity index (χ1) is 29.3. The Morgan fingerprint density at radius 1 is 0.683 bits per heavy atom. The molecule has 5 aromatic carbocycles. The number of thioether (sulfide) groups is 1. The highest BCUT2D eigenvalue weighted by atomic mass is 32.2. The van der Waals surface area contributed by atoms with Crippen LogP contribution in [0.1, 0.15) is 45.9 Å². The molecular formula is C46H39N5O8S. The number of nitrogens with zero attached hydrogens (tertiary/aromatic N) is 4. The zero-order valence-corrected chi connectivity index (χ0v) is 32.9. The lowest BCUT2D eigenvalue weighted by Crippen LogP contribution is -2.68. The second-order valence-corrected chi connectivity index (χ2v) is 15.7. The van der Waals surface area contributed by atoms with Crippen molar-refractivity contribution in [3.05, 3.63) is 179 Å². The second-order valence-electron chi connectivity index (χ2n) is 14.3. The Morgan fingerprint density at radius 2 is 1.15 bits per heavy atom. The molecule has 8 rings (SSSR count). The first kappa shape index (κ1) is 39.8. The monoisotopic (exact) mass is 821 g/mol. The summed E-state index contributed by atoms with van der Waals surface area (Å²) in [5, 5.41) is 6.99. The average Bonchev–Trinajstić information content (AvgIpc) is 3.86. The molecule has 5 aromatic rings. The van der Waals surface area contributed by atoms with Crippen LogP contribution in [0.15, 0.2) is 157 Å². The second kappa shape index (κ2) is 17.4. The number of ether oxygens (including phenoxy) is 2. The molecule has 0 radical (unpaired) electrons. The van der Waals surface area contributed by atoms with Gasteiger partial charge in [0.1, 0.15) is 11.4 Å². The number of hydrogen-bond acceptors (Lipinski definition) is 10. The summed E-state index contributed by atoms with van der Waals surface area (Å²) in [7, 11) is 0. The lowest BCUT2D eigenvalue weighted by atomic mass is 9.96. The number of fused-ring (bicyclic) bond motifs is 1. The molecular weight excluding hydrogens is 783 g/mol. The number of carbonyl (C=O) groups excluding carboxylic acids is 6. The molecule has 0 aliphatic carbocycles. The molecule has 60 heavy (non-hydrogen) atoms. The van der Waals surface area contributed by atoms with Gasteiger partial charge in [-0.05, 0) is 27.8 Å². The number of hydrogen-bond donors (Lipinski definition) is 1. The van der Waals surface area contributed by atoms with E-state index in [1.165, 1.54) is 9.80 Å². The lowest BCUT2D eigenvalue weighted by Gasteiger charge is -2.41. The Labute approximate surface area is 349 Å². The molecule has 3 fully saturated rings. The largest absolute Gasteiger partial charge is 0.452 e. The fourth-order valence-corrected chi connectivity index (χ4v) is 9.38. The van der Waals surface area contributed by atoms with E-state index in [9.17, 15) is 28.8 Å². The van der Waals surface area contributed by atoms with Crippen molar-refractivity contribution in [3.63, 3.8) is 0 Å². The van der Waals surface area contributed by atoms with Crippen molar-refractivity contribution < 1.29 is 38.2 Å². The minimum atomic E-state index is -1.78. The molecule has 0 bridgehead atoms. The number of rotatable bonds is 14. The van der Waals surface area contributed by atoms with E-state index in [1.54, 1.807) is 30.3 Å². The third-order valence-corrected chi connectivity index (χ3v) is 12.3. The van der Waals surface area contributed by atoms with Crippen LogP contribution < -0.4 is 5.32 Å². The summed E-state index contributed by atoms with van der Waals surface area (Å²) in [6.07, 6.45) is -0.324. The molecule has 0 saturated carbocycles. The molecule has 0 spiro atoms. The van der Waals surface area contributed by atoms with Gasteiger partial charge in [0.25, 0.3) is 0 Å². The van der Waals surface area contributed by atoms with Gasteiger partial charge in [-0.15, -0.1) is 0 Å². The number of amides is 4. The number of aldehydes is 1. The first-order valence-corrected chi connectivity index (χ1v) is 20.2. The van der Waals surface area contributed by atoms with Gasteiger partial charge in [0, 0.05) is 6.54 Å². The zero-order chi connectivity index (χ0) is 41.6. The maximum atomic E-state index is 14.8. The van der Waals surface area contributed by atoms with Crippen LogP contribution in [-0.2, 0) is 33.4 Å². The van der Waals surface area contributed by atoms with Crippen LogP contribution in [0.4, 0.5) is 4.79 Å². The Hall–Kier alpha value is -7.06. The first-order valence-electron chi connectivity index (χ1n) is 19.3. The molecule has 3 aliphatic heterocycles. The van der Waals surface area contributed by atoms with Gasteiger partial charge < -0.3 is 19.7 Å². The van der Waals surface area contributed by atoms with Crippen LogP contribution in [0, 0.1) is 0 Å². The third kappa shape index (κ3) is 7.76. The molecule has 13 nitrogen and oxygen atoms in total. The summed E-state index contributed by atoms with van der Waals surface area (Å²) in [4.78, 5) is 83.4. The van der Waals surface area contributed by atoms with Crippen molar-refractivity contribution in [1.82, 2.24) is 20.1 Å². The summed E-state index contributed by atoms with van der Waals surface area (Å²) < 4.78 is 12.5. The molecule has 3 heterocycles. The molecule has 4 atom stereocenters. The Kier molecular flexibility index (Phi) is 11.5. The van der Waals surface area contributed by atoms with E-state index in [0.29, 0.717) is 34.1 Å². The van der Waals surface area contributed by atoms with E-state index in [2.05, 4.69) is 10.4 Å². The van der Waals surface area contributed by atoms with Crippen molar-refractivity contribution in [1.29, 1.82) is 0 Å². The van der Waals surface area contributed by atoms with Crippen LogP contribution in [0.3, 0.4) is 0 Å². The number of benzene rings is 5. The van der Waals surface area contributed by atoms with E-state index in [0.717, 1.165) is 23.0 Å². The molecule has 4 amide bonds. The Balaban J connectivity index is 1.08. The predicted molar refractivity (Wildman–Crippen MR) is 222 cm³/mol. The van der Waals surface area contributed by atoms with Gasteiger partial charge in [-0.25, -0.2) is 14.6 Å². The van der Waals surface area contributed by atoms with Crippen molar-refractivity contribution in [2.75, 3.05) is 19.6 Å². The molecule has 3 saturated heterocycles. The van der Waals surface area contributed by atoms with Gasteiger partial charge >= 0.3 is 18.0 Å². The van der Waals surface area contributed by atoms with Gasteiger partial charge in [0.2, 0.25) is 16.7 Å². The topological polar surface area (TPSA) is 155 Å². The summed E-state index contributed by atoms with van der Waals surface area (Å²) in [6, 6.07) is 43.3. The van der Waals surface area contributed by atoms with E-state index in [1.807, 2.05) is 121 Å². The molecule has 1 N–H and O–H groups in total. The zero-order valence-electron chi connectivity index (χ0n) is 32.1. The highest BCUT2D eigenvalue weighted by molar-refractivity contribution is 8.02. The summed E-state index contributed by atoms with van der Waals surface area (Å²) in [5.74, 6) is -4.36. The standard InChI is InChI=1S/C46H39N5O8S/c52-29-26-47-51-28-27-50(45(51)57)46(44(56)59-39(34-22-12-4-13-23-34)35-24-14-5-15-25-35)30-49-41(54)37(42(49)60-46)48-40(53)36(31-16-6-1-7-17-31)43(55)58-38(32-18-8-2-9-19-32)33-20-10-3-11-21-33/h1-26,29,36-39,42H,27-28,30H2,(H,48,53)/b47-26+/t36?,37-,42-,46-/m1/s1. The predicted octanol–water partition coefficient (Wildman–Crippen LogP) is 5.45. The number of esters is 2. The number of hydrazone groups is 1. The van der Waals surface area contributed by atoms with Crippen molar-refractivity contribution >= 4 is 54.0 Å². The quantitative estimate of drug-likeness (QED) is 0.0506. The van der Waals surface area contributed by atoms with Gasteiger partial charge in [-0.1, -0.05) is 163 Å². The average molecular weight is 822 g/mol. The Bertz CT molecular complexity index is 2310. The fourth-order valence-electron chi connectivity index (χ4n) is 7.70. The number of β-lactam (4-membered cyclic amide) rings is 1. The third-order valence-electron chi connectivity index (χ3n) is 10.6. The van der Waals surface area contributed by atoms with Crippen LogP contribution in [0.5, 0.6) is 0 Å². The van der Waals surface area contributed by atoms with Crippen LogP contribution in [0.2, 0.25) is 0 Å². The van der Waals surface area contributed by atoms with E-state index in [4.69, 9.17) is 9.47 Å². The minimum absolute atomic E-state index is 0.0240. The van der Waals surface area contributed by atoms with Crippen LogP contribution in [0.25, 0.3) is 0 Å². The van der Waals surface area contributed by atoms with Gasteiger partial charge in [-0.3, -0.25) is 24.1 Å². The molecule has 14 heteroatoms. The lowest BCUT2D eigenvalue weighted by molar-refractivity contribution is -0.159. The maximum absolute atomic E-state index is 14.8. The summed E-state index contributed by atoms with van der Waals surface area (Å²) >= 11 is 1.01. The van der Waals surface area contributed by atoms with Crippen molar-refractivity contribution in [2.24, 2.45) is 5.10 Å². The van der Waals surface area contributed by atoms with E-state index < -0.39 is 64.2 Å². The van der Waals surface area contributed by atoms with E-state index in [-0.39, 0.29) is 19.6 Å². The van der Waals surface area contributed by atoms with E-state index >= 15 is 0 Å².